The minimum absolute atomic E-state index is 0. The molecule has 0 aliphatic heterocycles. The van der Waals surface area contributed by atoms with Crippen LogP contribution in [0, 0.1) is 12.8 Å². The van der Waals surface area contributed by atoms with Crippen LogP contribution in [0.15, 0.2) is 54.7 Å². The average Bonchev–Trinajstić information content (AvgIpc) is 3.35. The van der Waals surface area contributed by atoms with Crippen molar-refractivity contribution in [1.82, 2.24) is 4.98 Å². The van der Waals surface area contributed by atoms with Gasteiger partial charge < -0.3 is 20.0 Å². The molecule has 0 bridgehead atoms. The van der Waals surface area contributed by atoms with Crippen molar-refractivity contribution < 1.29 is 15.0 Å². The van der Waals surface area contributed by atoms with Gasteiger partial charge in [-0.3, -0.25) is 0 Å². The van der Waals surface area contributed by atoms with Gasteiger partial charge in [-0.05, 0) is 82.7 Å². The fourth-order valence-electron chi connectivity index (χ4n) is 2.60. The van der Waals surface area contributed by atoms with Crippen LogP contribution in [0.2, 0.25) is 0 Å². The van der Waals surface area contributed by atoms with E-state index in [0.29, 0.717) is 0 Å². The molecule has 254 valence electrons. The number of hydrogen-bond acceptors (Lipinski definition) is 4. The Bertz CT molecular complexity index is 889. The van der Waals surface area contributed by atoms with Crippen molar-refractivity contribution in [3.05, 3.63) is 71.4 Å². The number of nitrogens with one attached hydrogen (secondary N) is 1. The van der Waals surface area contributed by atoms with E-state index >= 15 is 0 Å². The summed E-state index contributed by atoms with van der Waals surface area (Å²) in [6, 6.07) is 17.1. The minimum Gasteiger partial charge on any atom is -0.397 e. The van der Waals surface area contributed by atoms with Gasteiger partial charge in [0.25, 0.3) is 0 Å². The van der Waals surface area contributed by atoms with Gasteiger partial charge >= 0.3 is 0 Å². The number of H-pyrrole nitrogens is 1. The van der Waals surface area contributed by atoms with Gasteiger partial charge in [0.15, 0.2) is 0 Å². The SMILES string of the molecule is C.CC.CC(C)C.CC(C)O.CCCC(C)=O.CCO.CCS.CCc1c[nH]c2ccccc12.CCc1ccc(C)cc1. The number of para-hydroxylation sites is 1. The maximum Gasteiger partial charge on any atom is 0.129 e. The molecule has 5 heteroatoms. The third-order valence-electron chi connectivity index (χ3n) is 4.19. The van der Waals surface area contributed by atoms with Gasteiger partial charge in [-0.1, -0.05) is 118 Å². The number of aliphatic hydroxyl groups excluding tert-OH is 2. The van der Waals surface area contributed by atoms with Crippen LogP contribution >= 0.6 is 12.6 Å². The molecule has 0 atom stereocenters. The number of fused-ring (bicyclic) bond motifs is 1. The van der Waals surface area contributed by atoms with Crippen molar-refractivity contribution in [1.29, 1.82) is 0 Å². The molecule has 1 heterocycles. The van der Waals surface area contributed by atoms with E-state index in [1.54, 1.807) is 27.7 Å². The number of hydrogen-bond donors (Lipinski definition) is 4. The van der Waals surface area contributed by atoms with Crippen LogP contribution in [-0.2, 0) is 17.6 Å². The van der Waals surface area contributed by atoms with Gasteiger partial charge in [0, 0.05) is 36.2 Å². The van der Waals surface area contributed by atoms with Crippen LogP contribution < -0.4 is 0 Å². The van der Waals surface area contributed by atoms with E-state index < -0.39 is 0 Å². The van der Waals surface area contributed by atoms with Crippen molar-refractivity contribution in [2.24, 2.45) is 5.92 Å². The molecule has 0 aliphatic carbocycles. The van der Waals surface area contributed by atoms with Gasteiger partial charge in [-0.25, -0.2) is 0 Å². The summed E-state index contributed by atoms with van der Waals surface area (Å²) in [6.07, 6.45) is 5.88. The highest BCUT2D eigenvalue weighted by Gasteiger charge is 1.98. The first-order valence-corrected chi connectivity index (χ1v) is 16.4. The Kier molecular flexibility index (Phi) is 52.3. The molecule has 0 saturated carbocycles. The zero-order valence-corrected chi connectivity index (χ0v) is 30.7. The Morgan fingerprint density at radius 3 is 1.56 bits per heavy atom. The largest absolute Gasteiger partial charge is 0.397 e. The van der Waals surface area contributed by atoms with Crippen LogP contribution in [0.5, 0.6) is 0 Å². The smallest absolute Gasteiger partial charge is 0.129 e. The van der Waals surface area contributed by atoms with Crippen molar-refractivity contribution in [2.75, 3.05) is 12.4 Å². The first-order chi connectivity index (χ1) is 19.8. The second-order valence-corrected chi connectivity index (χ2v) is 10.6. The fourth-order valence-corrected chi connectivity index (χ4v) is 2.60. The molecule has 0 aliphatic rings. The van der Waals surface area contributed by atoms with Crippen LogP contribution in [0.25, 0.3) is 10.9 Å². The number of benzene rings is 2. The van der Waals surface area contributed by atoms with E-state index in [2.05, 4.69) is 114 Å². The molecule has 3 rings (SSSR count). The van der Waals surface area contributed by atoms with Crippen LogP contribution in [0.1, 0.15) is 127 Å². The minimum atomic E-state index is -0.167. The van der Waals surface area contributed by atoms with Gasteiger partial charge in [0.1, 0.15) is 5.78 Å². The van der Waals surface area contributed by atoms with E-state index in [0.717, 1.165) is 37.4 Å². The van der Waals surface area contributed by atoms with Crippen molar-refractivity contribution >= 4 is 29.3 Å². The number of aromatic amines is 1. The van der Waals surface area contributed by atoms with E-state index in [9.17, 15) is 4.79 Å². The third kappa shape index (κ3) is 47.1. The van der Waals surface area contributed by atoms with E-state index in [1.165, 1.54) is 27.6 Å². The highest BCUT2D eigenvalue weighted by molar-refractivity contribution is 7.80. The van der Waals surface area contributed by atoms with Crippen LogP contribution in [0.3, 0.4) is 0 Å². The Balaban J connectivity index is -0.0000000974. The molecular weight excluding hydrogens is 550 g/mol. The third-order valence-corrected chi connectivity index (χ3v) is 4.19. The molecule has 3 aromatic rings. The van der Waals surface area contributed by atoms with E-state index in [1.807, 2.05) is 27.7 Å². The quantitative estimate of drug-likeness (QED) is 0.218. The number of aliphatic hydroxyl groups is 2. The Morgan fingerprint density at radius 1 is 0.860 bits per heavy atom. The first-order valence-electron chi connectivity index (χ1n) is 15.8. The summed E-state index contributed by atoms with van der Waals surface area (Å²) in [6.45, 7) is 27.9. The number of ketones is 1. The molecule has 3 N–H and O–H groups in total. The fraction of sp³-hybridized carbons (Fsp3) is 0.605. The normalized spacial score (nSPS) is 8.53. The van der Waals surface area contributed by atoms with Gasteiger partial charge in [-0.2, -0.15) is 12.6 Å². The topological polar surface area (TPSA) is 73.3 Å². The number of aromatic nitrogens is 1. The summed E-state index contributed by atoms with van der Waals surface area (Å²) >= 11 is 3.79. The monoisotopic (exact) mass is 624 g/mol. The summed E-state index contributed by atoms with van der Waals surface area (Å²) < 4.78 is 0. The summed E-state index contributed by atoms with van der Waals surface area (Å²) in [5.74, 6) is 2.07. The Labute approximate surface area is 274 Å². The molecule has 43 heavy (non-hydrogen) atoms. The molecule has 0 unspecified atom stereocenters. The molecule has 0 amide bonds. The molecular formula is C38H73NO3S. The maximum atomic E-state index is 10.0. The number of carbonyl (C=O) groups excluding carboxylic acids is 1. The zero-order chi connectivity index (χ0) is 33.9. The lowest BCUT2D eigenvalue weighted by molar-refractivity contribution is -0.117. The van der Waals surface area contributed by atoms with Crippen molar-refractivity contribution in [3.63, 3.8) is 0 Å². The first kappa shape index (κ1) is 53.5. The summed E-state index contributed by atoms with van der Waals surface area (Å²) in [4.78, 5) is 13.3. The van der Waals surface area contributed by atoms with Crippen molar-refractivity contribution in [3.8, 4) is 0 Å². The standard InChI is InChI=1S/C10H11N.C9H12.C5H10O.C4H10.C3H8O.C2H6O.C2H6S.C2H6.CH4/c1-2-8-7-11-10-6-4-3-5-9(8)10;1-3-9-6-4-8(2)5-7-9;1-3-4-5(2)6;1-4(2)3;1-3(2)4;2*1-2-3;1-2;/h3-7,11H,2H2,1H3;4-7H,3H2,1-2H3;3-4H2,1-2H3;4H,1-3H3;3-4H,1-2H3;2*3H,2H2,1H3;1-2H3;1H4. The molecule has 0 radical (unpaired) electrons. The Morgan fingerprint density at radius 2 is 1.26 bits per heavy atom. The average molecular weight is 624 g/mol. The number of Topliss-reactive ketones (excluding diaryl/α,β-unsaturated/α-hetero) is 1. The predicted molar refractivity (Wildman–Crippen MR) is 202 cm³/mol. The maximum absolute atomic E-state index is 10.0. The number of thiol groups is 1. The number of carbonyl (C=O) groups is 1. The molecule has 0 fully saturated rings. The lowest BCUT2D eigenvalue weighted by Gasteiger charge is -1.94. The second kappa shape index (κ2) is 42.1. The summed E-state index contributed by atoms with van der Waals surface area (Å²) in [5, 5.41) is 17.0. The lowest BCUT2D eigenvalue weighted by atomic mass is 10.1. The lowest BCUT2D eigenvalue weighted by Crippen LogP contribution is -1.85. The molecule has 1 aromatic heterocycles. The molecule has 0 spiro atoms. The van der Waals surface area contributed by atoms with Crippen molar-refractivity contribution in [2.45, 2.75) is 136 Å². The molecule has 4 nitrogen and oxygen atoms in total. The number of aryl methyl sites for hydroxylation is 3. The predicted octanol–water partition coefficient (Wildman–Crippen LogP) is 11.3. The number of rotatable bonds is 4. The molecule has 2 aromatic carbocycles. The van der Waals surface area contributed by atoms with Crippen LogP contribution in [0.4, 0.5) is 0 Å². The summed E-state index contributed by atoms with van der Waals surface area (Å²) in [5.41, 5.74) is 5.40. The summed E-state index contributed by atoms with van der Waals surface area (Å²) in [7, 11) is 0. The van der Waals surface area contributed by atoms with E-state index in [4.69, 9.17) is 10.2 Å². The van der Waals surface area contributed by atoms with Gasteiger partial charge in [0.05, 0.1) is 0 Å². The van der Waals surface area contributed by atoms with Gasteiger partial charge in [-0.15, -0.1) is 0 Å². The zero-order valence-electron chi connectivity index (χ0n) is 29.8. The van der Waals surface area contributed by atoms with E-state index in [-0.39, 0.29) is 25.9 Å². The second-order valence-electron chi connectivity index (χ2n) is 9.96. The van der Waals surface area contributed by atoms with Gasteiger partial charge in [0.2, 0.25) is 0 Å². The molecule has 0 saturated heterocycles. The van der Waals surface area contributed by atoms with Crippen LogP contribution in [-0.4, -0.2) is 39.4 Å². The Hall–Kier alpha value is -2.08. The highest BCUT2D eigenvalue weighted by atomic mass is 32.1. The highest BCUT2D eigenvalue weighted by Crippen LogP contribution is 2.17.